The van der Waals surface area contributed by atoms with Crippen LogP contribution >= 0.6 is 0 Å². The van der Waals surface area contributed by atoms with Gasteiger partial charge in [-0.2, -0.15) is 0 Å². The van der Waals surface area contributed by atoms with E-state index in [9.17, 15) is 0 Å². The molecule has 0 N–H and O–H groups in total. The summed E-state index contributed by atoms with van der Waals surface area (Å²) in [6.07, 6.45) is 8.20. The van der Waals surface area contributed by atoms with Crippen LogP contribution in [0.4, 0.5) is 0 Å². The largest absolute Gasteiger partial charge is 0.375 e. The molecule has 1 atom stereocenters. The highest BCUT2D eigenvalue weighted by molar-refractivity contribution is 5.86. The summed E-state index contributed by atoms with van der Waals surface area (Å²) in [5, 5.41) is 2.68. The Morgan fingerprint density at radius 1 is 1.08 bits per heavy atom. The Kier molecular flexibility index (Phi) is 6.28. The highest BCUT2D eigenvalue weighted by Crippen LogP contribution is 2.28. The number of hydrogen-bond acceptors (Lipinski definition) is 1. The summed E-state index contributed by atoms with van der Waals surface area (Å²) in [4.78, 5) is 0. The van der Waals surface area contributed by atoms with Crippen LogP contribution in [0.3, 0.4) is 0 Å². The minimum atomic E-state index is 0.422. The fourth-order valence-corrected chi connectivity index (χ4v) is 4.02. The van der Waals surface area contributed by atoms with Crippen LogP contribution in [0, 0.1) is 0 Å². The molecular weight excluding hydrogens is 306 g/mol. The first-order valence-corrected chi connectivity index (χ1v) is 9.72. The van der Waals surface area contributed by atoms with Gasteiger partial charge in [-0.1, -0.05) is 54.6 Å². The van der Waals surface area contributed by atoms with E-state index in [2.05, 4.69) is 68.6 Å². The van der Waals surface area contributed by atoms with E-state index in [1.807, 2.05) is 0 Å². The summed E-state index contributed by atoms with van der Waals surface area (Å²) in [6, 6.07) is 15.3. The minimum Gasteiger partial charge on any atom is -0.375 e. The summed E-state index contributed by atoms with van der Waals surface area (Å²) in [5.74, 6) is 0.422. The smallest absolute Gasteiger partial charge is 0.102 e. The summed E-state index contributed by atoms with van der Waals surface area (Å²) in [6.45, 7) is 7.54. The van der Waals surface area contributed by atoms with Crippen molar-refractivity contribution in [1.29, 1.82) is 0 Å². The topological polar surface area (TPSA) is 9.23 Å². The van der Waals surface area contributed by atoms with Gasteiger partial charge in [-0.3, -0.25) is 0 Å². The molecule has 2 nitrogen and oxygen atoms in total. The van der Waals surface area contributed by atoms with Crippen molar-refractivity contribution in [1.82, 2.24) is 0 Å². The number of hydrogen-bond donors (Lipinski definition) is 0. The number of fused-ring (bicyclic) bond motifs is 1. The van der Waals surface area contributed by atoms with E-state index in [1.54, 1.807) is 0 Å². The quantitative estimate of drug-likeness (QED) is 0.367. The molecule has 1 heterocycles. The third kappa shape index (κ3) is 4.71. The van der Waals surface area contributed by atoms with Crippen molar-refractivity contribution < 1.29 is 9.22 Å². The molecule has 134 valence electrons. The van der Waals surface area contributed by atoms with Crippen molar-refractivity contribution >= 4 is 10.8 Å². The van der Waals surface area contributed by atoms with Gasteiger partial charge in [0, 0.05) is 18.8 Å². The van der Waals surface area contributed by atoms with E-state index in [0.29, 0.717) is 5.92 Å². The highest BCUT2D eigenvalue weighted by atomic mass is 16.5. The van der Waals surface area contributed by atoms with Crippen LogP contribution < -0.4 is 0 Å². The molecule has 0 radical (unpaired) electrons. The van der Waals surface area contributed by atoms with Gasteiger partial charge in [0.25, 0.3) is 0 Å². The van der Waals surface area contributed by atoms with Crippen molar-refractivity contribution in [2.75, 3.05) is 39.9 Å². The van der Waals surface area contributed by atoms with Crippen LogP contribution in [-0.2, 0) is 4.74 Å². The first-order valence-electron chi connectivity index (χ1n) is 9.72. The van der Waals surface area contributed by atoms with E-state index < -0.39 is 0 Å². The van der Waals surface area contributed by atoms with Gasteiger partial charge in [0.2, 0.25) is 0 Å². The van der Waals surface area contributed by atoms with Crippen molar-refractivity contribution in [3.8, 4) is 0 Å². The number of ether oxygens (including phenoxy) is 1. The zero-order valence-electron chi connectivity index (χ0n) is 15.8. The molecule has 0 amide bonds. The Hall–Kier alpha value is -1.64. The predicted octanol–water partition coefficient (Wildman–Crippen LogP) is 5.15. The Labute approximate surface area is 152 Å². The molecule has 0 spiro atoms. The van der Waals surface area contributed by atoms with Gasteiger partial charge in [0.05, 0.1) is 33.4 Å². The van der Waals surface area contributed by atoms with E-state index >= 15 is 0 Å². The van der Waals surface area contributed by atoms with E-state index in [1.165, 1.54) is 46.8 Å². The van der Waals surface area contributed by atoms with Crippen LogP contribution in [0.25, 0.3) is 10.8 Å². The van der Waals surface area contributed by atoms with Crippen LogP contribution in [0.1, 0.15) is 37.7 Å². The molecule has 2 heteroatoms. The maximum absolute atomic E-state index is 6.17. The molecular formula is C23H32NO+. The van der Waals surface area contributed by atoms with Crippen LogP contribution in [0.2, 0.25) is 0 Å². The van der Waals surface area contributed by atoms with Crippen molar-refractivity contribution in [3.63, 3.8) is 0 Å². The average Bonchev–Trinajstić information content (AvgIpc) is 3.07. The maximum atomic E-state index is 6.17. The summed E-state index contributed by atoms with van der Waals surface area (Å²) >= 11 is 0. The molecule has 0 saturated carbocycles. The first-order chi connectivity index (χ1) is 12.2. The molecule has 0 aromatic heterocycles. The van der Waals surface area contributed by atoms with Crippen LogP contribution in [0.15, 0.2) is 54.6 Å². The lowest BCUT2D eigenvalue weighted by atomic mass is 9.91. The Morgan fingerprint density at radius 3 is 2.64 bits per heavy atom. The van der Waals surface area contributed by atoms with E-state index in [4.69, 9.17) is 4.74 Å². The second-order valence-electron chi connectivity index (χ2n) is 7.64. The Bertz CT molecular complexity index is 695. The second-order valence-corrected chi connectivity index (χ2v) is 7.64. The van der Waals surface area contributed by atoms with Gasteiger partial charge in [0.15, 0.2) is 0 Å². The SMILES string of the molecule is C/C=C/CC(COCC[N+]1(C)CCCC1)c1cccc2ccccc12. The molecule has 1 aliphatic heterocycles. The van der Waals surface area contributed by atoms with Crippen LogP contribution in [0.5, 0.6) is 0 Å². The Morgan fingerprint density at radius 2 is 1.84 bits per heavy atom. The molecule has 1 fully saturated rings. The average molecular weight is 339 g/mol. The number of allylic oxidation sites excluding steroid dienone is 2. The molecule has 0 aliphatic carbocycles. The van der Waals surface area contributed by atoms with Gasteiger partial charge >= 0.3 is 0 Å². The Balaban J connectivity index is 1.66. The number of benzene rings is 2. The van der Waals surface area contributed by atoms with Gasteiger partial charge < -0.3 is 9.22 Å². The minimum absolute atomic E-state index is 0.422. The molecule has 1 unspecified atom stereocenters. The molecule has 1 aliphatic rings. The normalized spacial score (nSPS) is 18.2. The monoisotopic (exact) mass is 338 g/mol. The number of likely N-dealkylation sites (tertiary alicyclic amines) is 1. The van der Waals surface area contributed by atoms with Gasteiger partial charge in [-0.15, -0.1) is 0 Å². The third-order valence-corrected chi connectivity index (χ3v) is 5.66. The summed E-state index contributed by atoms with van der Waals surface area (Å²) in [7, 11) is 2.37. The van der Waals surface area contributed by atoms with Gasteiger partial charge in [-0.05, 0) is 29.7 Å². The number of quaternary nitrogens is 1. The summed E-state index contributed by atoms with van der Waals surface area (Å²) in [5.41, 5.74) is 1.41. The molecule has 1 saturated heterocycles. The van der Waals surface area contributed by atoms with E-state index in [-0.39, 0.29) is 0 Å². The van der Waals surface area contributed by atoms with Crippen molar-refractivity contribution in [2.24, 2.45) is 0 Å². The van der Waals surface area contributed by atoms with E-state index in [0.717, 1.165) is 26.2 Å². The standard InChI is InChI=1S/C23H32NO/c1-3-4-10-21(19-25-18-17-24(2)15-7-8-16-24)23-14-9-12-20-11-5-6-13-22(20)23/h3-6,9,11-14,21H,7-8,10,15-19H2,1-2H3/q+1/b4-3+. The first kappa shape index (κ1) is 18.2. The lowest BCUT2D eigenvalue weighted by Gasteiger charge is -2.29. The van der Waals surface area contributed by atoms with Crippen molar-refractivity contribution in [2.45, 2.75) is 32.1 Å². The lowest BCUT2D eigenvalue weighted by Crippen LogP contribution is -2.43. The lowest BCUT2D eigenvalue weighted by molar-refractivity contribution is -0.898. The second kappa shape index (κ2) is 8.64. The number of rotatable bonds is 8. The zero-order chi connectivity index (χ0) is 17.5. The fourth-order valence-electron chi connectivity index (χ4n) is 4.02. The highest BCUT2D eigenvalue weighted by Gasteiger charge is 2.26. The molecule has 0 bridgehead atoms. The molecule has 3 rings (SSSR count). The summed E-state index contributed by atoms with van der Waals surface area (Å²) < 4.78 is 7.36. The molecule has 2 aromatic rings. The van der Waals surface area contributed by atoms with Gasteiger partial charge in [0.1, 0.15) is 6.54 Å². The maximum Gasteiger partial charge on any atom is 0.102 e. The molecule has 25 heavy (non-hydrogen) atoms. The number of likely N-dealkylation sites (N-methyl/N-ethyl adjacent to an activating group) is 1. The molecule has 2 aromatic carbocycles. The third-order valence-electron chi connectivity index (χ3n) is 5.66. The zero-order valence-corrected chi connectivity index (χ0v) is 15.8. The van der Waals surface area contributed by atoms with Crippen LogP contribution in [-0.4, -0.2) is 44.4 Å². The predicted molar refractivity (Wildman–Crippen MR) is 107 cm³/mol. The van der Waals surface area contributed by atoms with Crippen molar-refractivity contribution in [3.05, 3.63) is 60.2 Å². The van der Waals surface area contributed by atoms with Gasteiger partial charge in [-0.25, -0.2) is 0 Å². The fraction of sp³-hybridized carbons (Fsp3) is 0.478. The number of nitrogens with zero attached hydrogens (tertiary/aromatic N) is 1.